The van der Waals surface area contributed by atoms with Gasteiger partial charge in [0.05, 0.1) is 18.6 Å². The van der Waals surface area contributed by atoms with E-state index in [4.69, 9.17) is 4.74 Å². The highest BCUT2D eigenvalue weighted by molar-refractivity contribution is 7.92. The van der Waals surface area contributed by atoms with E-state index in [1.165, 1.54) is 11.4 Å². The van der Waals surface area contributed by atoms with E-state index in [-0.39, 0.29) is 24.5 Å². The summed E-state index contributed by atoms with van der Waals surface area (Å²) in [6.45, 7) is 0.187. The first-order chi connectivity index (χ1) is 12.0. The summed E-state index contributed by atoms with van der Waals surface area (Å²) in [5, 5.41) is 0. The lowest BCUT2D eigenvalue weighted by Crippen LogP contribution is -2.38. The number of benzene rings is 2. The monoisotopic (exact) mass is 359 g/mol. The molecule has 0 fully saturated rings. The van der Waals surface area contributed by atoms with Gasteiger partial charge in [0.1, 0.15) is 5.75 Å². The second-order valence-corrected chi connectivity index (χ2v) is 8.05. The molecule has 1 aliphatic rings. The van der Waals surface area contributed by atoms with Gasteiger partial charge in [-0.05, 0) is 30.5 Å². The second kappa shape index (κ2) is 7.27. The Morgan fingerprint density at radius 1 is 1.12 bits per heavy atom. The normalized spacial score (nSPS) is 14.3. The lowest BCUT2D eigenvalue weighted by Gasteiger charge is -2.30. The lowest BCUT2D eigenvalue weighted by atomic mass is 10.0. The summed E-state index contributed by atoms with van der Waals surface area (Å²) in [5.74, 6) is 0.554. The Balaban J connectivity index is 1.78. The molecule has 0 spiro atoms. The van der Waals surface area contributed by atoms with Crippen molar-refractivity contribution in [3.63, 3.8) is 0 Å². The maximum Gasteiger partial charge on any atom is 0.235 e. The number of methoxy groups -OCH3 is 1. The standard InChI is InChI=1S/C19H21NO4S/c1-24-16-9-10-17-18(14-16)20(12-11-19(17)21)25(22,23)13-5-8-15-6-3-2-4-7-15/h2-4,6-7,9-10,14H,5,8,11-13H2,1H3. The van der Waals surface area contributed by atoms with Crippen molar-refractivity contribution < 1.29 is 17.9 Å². The third kappa shape index (κ3) is 3.85. The van der Waals surface area contributed by atoms with Crippen LogP contribution in [0.1, 0.15) is 28.8 Å². The quantitative estimate of drug-likeness (QED) is 0.795. The van der Waals surface area contributed by atoms with Crippen molar-refractivity contribution in [2.75, 3.05) is 23.7 Å². The highest BCUT2D eigenvalue weighted by Gasteiger charge is 2.31. The van der Waals surface area contributed by atoms with Crippen LogP contribution in [0.3, 0.4) is 0 Å². The SMILES string of the molecule is COc1ccc2c(c1)N(S(=O)(=O)CCCc1ccccc1)CCC2=O. The number of ether oxygens (including phenoxy) is 1. The van der Waals surface area contributed by atoms with Crippen LogP contribution >= 0.6 is 0 Å². The fraction of sp³-hybridized carbons (Fsp3) is 0.316. The zero-order chi connectivity index (χ0) is 17.9. The molecule has 0 radical (unpaired) electrons. The maximum absolute atomic E-state index is 12.8. The van der Waals surface area contributed by atoms with Crippen LogP contribution in [-0.4, -0.2) is 33.6 Å². The average molecular weight is 359 g/mol. The number of fused-ring (bicyclic) bond motifs is 1. The Morgan fingerprint density at radius 2 is 1.88 bits per heavy atom. The van der Waals surface area contributed by atoms with Crippen molar-refractivity contribution in [2.45, 2.75) is 19.3 Å². The van der Waals surface area contributed by atoms with Gasteiger partial charge in [0.15, 0.2) is 5.78 Å². The van der Waals surface area contributed by atoms with Crippen molar-refractivity contribution in [3.05, 3.63) is 59.7 Å². The average Bonchev–Trinajstić information content (AvgIpc) is 2.62. The first-order valence-electron chi connectivity index (χ1n) is 8.27. The van der Waals surface area contributed by atoms with Gasteiger partial charge in [0.2, 0.25) is 10.0 Å². The number of rotatable bonds is 6. The number of carbonyl (C=O) groups is 1. The molecule has 2 aromatic carbocycles. The fourth-order valence-corrected chi connectivity index (χ4v) is 4.59. The molecule has 0 amide bonds. The van der Waals surface area contributed by atoms with Crippen molar-refractivity contribution in [1.82, 2.24) is 0 Å². The molecule has 5 nitrogen and oxygen atoms in total. The summed E-state index contributed by atoms with van der Waals surface area (Å²) in [6, 6.07) is 14.8. The molecule has 2 aromatic rings. The molecular formula is C19H21NO4S. The molecule has 1 heterocycles. The molecule has 6 heteroatoms. The number of anilines is 1. The summed E-state index contributed by atoms with van der Waals surface area (Å²) < 4.78 is 32.2. The minimum Gasteiger partial charge on any atom is -0.497 e. The summed E-state index contributed by atoms with van der Waals surface area (Å²) in [6.07, 6.45) is 1.45. The predicted octanol–water partition coefficient (Wildman–Crippen LogP) is 3.05. The molecule has 132 valence electrons. The molecule has 0 bridgehead atoms. The Labute approximate surface area is 148 Å². The number of carbonyl (C=O) groups excluding carboxylic acids is 1. The van der Waals surface area contributed by atoms with Gasteiger partial charge in [0, 0.05) is 24.6 Å². The summed E-state index contributed by atoms with van der Waals surface area (Å²) in [5.41, 5.74) is 1.99. The van der Waals surface area contributed by atoms with Gasteiger partial charge in [-0.2, -0.15) is 0 Å². The highest BCUT2D eigenvalue weighted by atomic mass is 32.2. The van der Waals surface area contributed by atoms with E-state index in [1.807, 2.05) is 30.3 Å². The summed E-state index contributed by atoms with van der Waals surface area (Å²) in [4.78, 5) is 12.1. The number of hydrogen-bond acceptors (Lipinski definition) is 4. The van der Waals surface area contributed by atoms with Crippen LogP contribution in [0.15, 0.2) is 48.5 Å². The molecule has 0 atom stereocenters. The van der Waals surface area contributed by atoms with Crippen LogP contribution in [0.4, 0.5) is 5.69 Å². The number of nitrogens with zero attached hydrogens (tertiary/aromatic N) is 1. The van der Waals surface area contributed by atoms with E-state index >= 15 is 0 Å². The Hall–Kier alpha value is -2.34. The van der Waals surface area contributed by atoms with Gasteiger partial charge in [-0.3, -0.25) is 9.10 Å². The Bertz CT molecular complexity index is 862. The van der Waals surface area contributed by atoms with Crippen LogP contribution in [0.5, 0.6) is 5.75 Å². The van der Waals surface area contributed by atoms with E-state index in [9.17, 15) is 13.2 Å². The second-order valence-electron chi connectivity index (χ2n) is 6.03. The van der Waals surface area contributed by atoms with Crippen LogP contribution in [0.2, 0.25) is 0 Å². The zero-order valence-electron chi connectivity index (χ0n) is 14.1. The summed E-state index contributed by atoms with van der Waals surface area (Å²) >= 11 is 0. The predicted molar refractivity (Wildman–Crippen MR) is 97.8 cm³/mol. The molecule has 25 heavy (non-hydrogen) atoms. The maximum atomic E-state index is 12.8. The first kappa shape index (κ1) is 17.5. The molecule has 3 rings (SSSR count). The molecule has 0 unspecified atom stereocenters. The third-order valence-corrected chi connectivity index (χ3v) is 6.22. The Kier molecular flexibility index (Phi) is 5.08. The first-order valence-corrected chi connectivity index (χ1v) is 9.88. The zero-order valence-corrected chi connectivity index (χ0v) is 15.0. The van der Waals surface area contributed by atoms with Gasteiger partial charge < -0.3 is 4.74 Å². The van der Waals surface area contributed by atoms with Crippen LogP contribution in [-0.2, 0) is 16.4 Å². The van der Waals surface area contributed by atoms with E-state index in [0.717, 1.165) is 5.56 Å². The van der Waals surface area contributed by atoms with Crippen molar-refractivity contribution in [3.8, 4) is 5.75 Å². The van der Waals surface area contributed by atoms with Gasteiger partial charge >= 0.3 is 0 Å². The van der Waals surface area contributed by atoms with Gasteiger partial charge in [-0.1, -0.05) is 30.3 Å². The van der Waals surface area contributed by atoms with Gasteiger partial charge in [-0.15, -0.1) is 0 Å². The third-order valence-electron chi connectivity index (χ3n) is 4.36. The summed E-state index contributed by atoms with van der Waals surface area (Å²) in [7, 11) is -1.97. The Morgan fingerprint density at radius 3 is 2.60 bits per heavy atom. The van der Waals surface area contributed by atoms with Crippen LogP contribution in [0.25, 0.3) is 0 Å². The smallest absolute Gasteiger partial charge is 0.235 e. The number of ketones is 1. The number of aryl methyl sites for hydroxylation is 1. The number of hydrogen-bond donors (Lipinski definition) is 0. The molecule has 0 saturated carbocycles. The lowest BCUT2D eigenvalue weighted by molar-refractivity contribution is 0.0982. The van der Waals surface area contributed by atoms with Crippen molar-refractivity contribution in [1.29, 1.82) is 0 Å². The molecular weight excluding hydrogens is 338 g/mol. The molecule has 0 N–H and O–H groups in total. The van der Waals surface area contributed by atoms with E-state index < -0.39 is 10.0 Å². The van der Waals surface area contributed by atoms with Crippen molar-refractivity contribution >= 4 is 21.5 Å². The number of Topliss-reactive ketones (excluding diaryl/α,β-unsaturated/α-hetero) is 1. The fourth-order valence-electron chi connectivity index (χ4n) is 3.04. The minimum absolute atomic E-state index is 0.0339. The van der Waals surface area contributed by atoms with Gasteiger partial charge in [-0.25, -0.2) is 8.42 Å². The van der Waals surface area contributed by atoms with Crippen LogP contribution in [0, 0.1) is 0 Å². The largest absolute Gasteiger partial charge is 0.497 e. The van der Waals surface area contributed by atoms with E-state index in [0.29, 0.717) is 29.8 Å². The highest BCUT2D eigenvalue weighted by Crippen LogP contribution is 2.33. The van der Waals surface area contributed by atoms with E-state index in [1.54, 1.807) is 18.2 Å². The molecule has 0 saturated heterocycles. The molecule has 0 aliphatic carbocycles. The topological polar surface area (TPSA) is 63.7 Å². The minimum atomic E-state index is -3.49. The van der Waals surface area contributed by atoms with Gasteiger partial charge in [0.25, 0.3) is 0 Å². The van der Waals surface area contributed by atoms with Crippen LogP contribution < -0.4 is 9.04 Å². The van der Waals surface area contributed by atoms with E-state index in [2.05, 4.69) is 0 Å². The molecule has 0 aromatic heterocycles. The molecule has 1 aliphatic heterocycles. The van der Waals surface area contributed by atoms with Crippen molar-refractivity contribution in [2.24, 2.45) is 0 Å². The number of sulfonamides is 1.